The number of ether oxygens (including phenoxy) is 1. The molecule has 0 aliphatic carbocycles. The molecule has 120 valence electrons. The molecule has 1 N–H and O–H groups in total. The highest BCUT2D eigenvalue weighted by molar-refractivity contribution is 5.27. The lowest BCUT2D eigenvalue weighted by Gasteiger charge is -2.13. The number of nitrogens with one attached hydrogen (secondary N) is 1. The molecule has 2 nitrogen and oxygen atoms in total. The number of benzene rings is 1. The van der Waals surface area contributed by atoms with Gasteiger partial charge in [0.25, 0.3) is 0 Å². The molecule has 0 aliphatic heterocycles. The van der Waals surface area contributed by atoms with E-state index < -0.39 is 0 Å². The molecule has 0 saturated carbocycles. The van der Waals surface area contributed by atoms with Crippen LogP contribution in [0.5, 0.6) is 5.75 Å². The summed E-state index contributed by atoms with van der Waals surface area (Å²) in [5, 5.41) is 3.52. The molecule has 21 heavy (non-hydrogen) atoms. The summed E-state index contributed by atoms with van der Waals surface area (Å²) in [6.45, 7) is 13.2. The molecule has 0 aromatic heterocycles. The van der Waals surface area contributed by atoms with E-state index in [0.29, 0.717) is 0 Å². The van der Waals surface area contributed by atoms with Gasteiger partial charge in [0.1, 0.15) is 5.75 Å². The van der Waals surface area contributed by atoms with E-state index in [1.54, 1.807) is 0 Å². The lowest BCUT2D eigenvalue weighted by Crippen LogP contribution is -2.22. The van der Waals surface area contributed by atoms with Crippen LogP contribution in [0, 0.1) is 11.8 Å². The highest BCUT2D eigenvalue weighted by Gasteiger charge is 2.04. The Bertz CT molecular complexity index is 370. The molecule has 2 heteroatoms. The van der Waals surface area contributed by atoms with Gasteiger partial charge in [-0.3, -0.25) is 0 Å². The zero-order chi connectivity index (χ0) is 15.7. The van der Waals surface area contributed by atoms with Gasteiger partial charge in [-0.15, -0.1) is 0 Å². The van der Waals surface area contributed by atoms with Crippen LogP contribution in [0.25, 0.3) is 0 Å². The van der Waals surface area contributed by atoms with Gasteiger partial charge in [-0.25, -0.2) is 0 Å². The van der Waals surface area contributed by atoms with E-state index in [-0.39, 0.29) is 6.10 Å². The van der Waals surface area contributed by atoms with Crippen molar-refractivity contribution in [3.8, 4) is 5.75 Å². The second-order valence-electron chi connectivity index (χ2n) is 6.84. The van der Waals surface area contributed by atoms with E-state index in [1.807, 2.05) is 0 Å². The molecule has 1 aromatic carbocycles. The van der Waals surface area contributed by atoms with Crippen LogP contribution in [0.15, 0.2) is 24.3 Å². The lowest BCUT2D eigenvalue weighted by atomic mass is 9.98. The lowest BCUT2D eigenvalue weighted by molar-refractivity contribution is 0.242. The summed E-state index contributed by atoms with van der Waals surface area (Å²) in [6, 6.07) is 8.57. The summed E-state index contributed by atoms with van der Waals surface area (Å²) in [6.07, 6.45) is 3.93. The Kier molecular flexibility index (Phi) is 8.44. The second-order valence-corrected chi connectivity index (χ2v) is 6.84. The first-order valence-corrected chi connectivity index (χ1v) is 8.43. The minimum absolute atomic E-state index is 0.245. The van der Waals surface area contributed by atoms with E-state index in [9.17, 15) is 0 Å². The first-order chi connectivity index (χ1) is 9.97. The molecule has 0 saturated heterocycles. The fourth-order valence-corrected chi connectivity index (χ4v) is 2.30. The summed E-state index contributed by atoms with van der Waals surface area (Å²) < 4.78 is 5.67. The topological polar surface area (TPSA) is 21.3 Å². The normalized spacial score (nSPS) is 12.9. The maximum absolute atomic E-state index is 5.67. The maximum atomic E-state index is 5.67. The summed E-state index contributed by atoms with van der Waals surface area (Å²) in [5.41, 5.74) is 1.41. The third kappa shape index (κ3) is 8.77. The van der Waals surface area contributed by atoms with Gasteiger partial charge in [0.15, 0.2) is 0 Å². The van der Waals surface area contributed by atoms with E-state index in [4.69, 9.17) is 4.74 Å². The quantitative estimate of drug-likeness (QED) is 0.632. The van der Waals surface area contributed by atoms with Crippen LogP contribution in [0.2, 0.25) is 0 Å². The second kappa shape index (κ2) is 9.83. The number of aryl methyl sites for hydroxylation is 1. The Hall–Kier alpha value is -1.02. The molecule has 1 atom stereocenters. The summed E-state index contributed by atoms with van der Waals surface area (Å²) in [5.74, 6) is 2.49. The molecule has 0 aliphatic rings. The first kappa shape index (κ1) is 18.0. The number of hydrogen-bond donors (Lipinski definition) is 1. The van der Waals surface area contributed by atoms with Gasteiger partial charge in [0.05, 0.1) is 6.10 Å². The van der Waals surface area contributed by atoms with Crippen molar-refractivity contribution in [3.63, 3.8) is 0 Å². The van der Waals surface area contributed by atoms with E-state index in [1.165, 1.54) is 18.4 Å². The van der Waals surface area contributed by atoms with Crippen molar-refractivity contribution in [2.45, 2.75) is 60.0 Å². The smallest absolute Gasteiger partial charge is 0.119 e. The maximum Gasteiger partial charge on any atom is 0.119 e. The van der Waals surface area contributed by atoms with Crippen molar-refractivity contribution in [1.29, 1.82) is 0 Å². The van der Waals surface area contributed by atoms with Crippen LogP contribution >= 0.6 is 0 Å². The van der Waals surface area contributed by atoms with Gasteiger partial charge in [0, 0.05) is 0 Å². The van der Waals surface area contributed by atoms with Crippen molar-refractivity contribution in [1.82, 2.24) is 5.32 Å². The standard InChI is InChI=1S/C19H33NO/c1-15(2)14-20-13-12-17(5)6-7-18-8-10-19(11-9-18)21-16(3)4/h8-11,15-17,20H,6-7,12-14H2,1-5H3. The SMILES string of the molecule is CC(C)CNCCC(C)CCc1ccc(OC(C)C)cc1. The van der Waals surface area contributed by atoms with Crippen LogP contribution in [-0.2, 0) is 6.42 Å². The van der Waals surface area contributed by atoms with E-state index in [0.717, 1.165) is 37.1 Å². The molecular weight excluding hydrogens is 258 g/mol. The highest BCUT2D eigenvalue weighted by Crippen LogP contribution is 2.17. The summed E-state index contributed by atoms with van der Waals surface area (Å²) >= 11 is 0. The van der Waals surface area contributed by atoms with Gasteiger partial charge >= 0.3 is 0 Å². The molecule has 1 unspecified atom stereocenters. The van der Waals surface area contributed by atoms with Crippen molar-refractivity contribution >= 4 is 0 Å². The third-order valence-electron chi connectivity index (χ3n) is 3.59. The van der Waals surface area contributed by atoms with Crippen molar-refractivity contribution < 1.29 is 4.74 Å². The predicted molar refractivity (Wildman–Crippen MR) is 92.0 cm³/mol. The Morgan fingerprint density at radius 2 is 1.62 bits per heavy atom. The van der Waals surface area contributed by atoms with Crippen LogP contribution in [0.1, 0.15) is 53.0 Å². The van der Waals surface area contributed by atoms with Crippen molar-refractivity contribution in [2.75, 3.05) is 13.1 Å². The Morgan fingerprint density at radius 1 is 0.952 bits per heavy atom. The zero-order valence-electron chi connectivity index (χ0n) is 14.5. The molecule has 0 fully saturated rings. The summed E-state index contributed by atoms with van der Waals surface area (Å²) in [7, 11) is 0. The predicted octanol–water partition coefficient (Wildman–Crippen LogP) is 4.68. The van der Waals surface area contributed by atoms with E-state index in [2.05, 4.69) is 64.2 Å². The van der Waals surface area contributed by atoms with Gasteiger partial charge in [0.2, 0.25) is 0 Å². The van der Waals surface area contributed by atoms with Gasteiger partial charge < -0.3 is 10.1 Å². The van der Waals surface area contributed by atoms with Crippen LogP contribution < -0.4 is 10.1 Å². The average molecular weight is 291 g/mol. The highest BCUT2D eigenvalue weighted by atomic mass is 16.5. The van der Waals surface area contributed by atoms with Crippen molar-refractivity contribution in [2.24, 2.45) is 11.8 Å². The van der Waals surface area contributed by atoms with Gasteiger partial charge in [-0.1, -0.05) is 32.9 Å². The van der Waals surface area contributed by atoms with Crippen LogP contribution in [-0.4, -0.2) is 19.2 Å². The molecule has 0 radical (unpaired) electrons. The van der Waals surface area contributed by atoms with E-state index >= 15 is 0 Å². The molecule has 1 aromatic rings. The number of hydrogen-bond acceptors (Lipinski definition) is 2. The molecular formula is C19H33NO. The Morgan fingerprint density at radius 3 is 2.19 bits per heavy atom. The largest absolute Gasteiger partial charge is 0.491 e. The fraction of sp³-hybridized carbons (Fsp3) is 0.684. The molecule has 0 spiro atoms. The van der Waals surface area contributed by atoms with Crippen molar-refractivity contribution in [3.05, 3.63) is 29.8 Å². The van der Waals surface area contributed by atoms with Gasteiger partial charge in [-0.05, 0) is 75.7 Å². The van der Waals surface area contributed by atoms with Crippen LogP contribution in [0.4, 0.5) is 0 Å². The van der Waals surface area contributed by atoms with Gasteiger partial charge in [-0.2, -0.15) is 0 Å². The zero-order valence-corrected chi connectivity index (χ0v) is 14.5. The molecule has 0 heterocycles. The monoisotopic (exact) mass is 291 g/mol. The average Bonchev–Trinajstić information content (AvgIpc) is 2.42. The van der Waals surface area contributed by atoms with Crippen LogP contribution in [0.3, 0.4) is 0 Å². The molecule has 0 amide bonds. The first-order valence-electron chi connectivity index (χ1n) is 8.43. The Labute approximate surface area is 131 Å². The minimum Gasteiger partial charge on any atom is -0.491 e. The fourth-order valence-electron chi connectivity index (χ4n) is 2.30. The molecule has 1 rings (SSSR count). The third-order valence-corrected chi connectivity index (χ3v) is 3.59. The number of rotatable bonds is 10. The summed E-state index contributed by atoms with van der Waals surface area (Å²) in [4.78, 5) is 0. The molecule has 0 bridgehead atoms. The Balaban J connectivity index is 2.21. The minimum atomic E-state index is 0.245.